The summed E-state index contributed by atoms with van der Waals surface area (Å²) in [5.74, 6) is 1.01. The van der Waals surface area contributed by atoms with E-state index in [4.69, 9.17) is 32.7 Å². The third-order valence-corrected chi connectivity index (χ3v) is 7.89. The minimum absolute atomic E-state index is 0.241. The van der Waals surface area contributed by atoms with Gasteiger partial charge in [-0.2, -0.15) is 0 Å². The van der Waals surface area contributed by atoms with Gasteiger partial charge in [0.15, 0.2) is 16.7 Å². The molecule has 34 heavy (non-hydrogen) atoms. The van der Waals surface area contributed by atoms with Gasteiger partial charge in [-0.05, 0) is 111 Å². The second kappa shape index (κ2) is 11.5. The lowest BCUT2D eigenvalue weighted by molar-refractivity contribution is -0.115. The van der Waals surface area contributed by atoms with Crippen LogP contribution in [-0.2, 0) is 11.4 Å². The Bertz CT molecular complexity index is 1310. The summed E-state index contributed by atoms with van der Waals surface area (Å²) in [7, 11) is 1.59. The van der Waals surface area contributed by atoms with E-state index in [1.807, 2.05) is 36.4 Å². The van der Waals surface area contributed by atoms with E-state index in [0.717, 1.165) is 14.7 Å². The summed E-state index contributed by atoms with van der Waals surface area (Å²) in [4.78, 5) is 17.5. The highest BCUT2D eigenvalue weighted by molar-refractivity contribution is 14.1. The fraction of sp³-hybridized carbons (Fsp3) is 0.0833. The Labute approximate surface area is 238 Å². The van der Waals surface area contributed by atoms with Gasteiger partial charge in [-0.25, -0.2) is 4.99 Å². The Morgan fingerprint density at radius 1 is 1.12 bits per heavy atom. The molecule has 1 saturated heterocycles. The van der Waals surface area contributed by atoms with Crippen molar-refractivity contribution in [2.75, 3.05) is 7.11 Å². The van der Waals surface area contributed by atoms with Crippen molar-refractivity contribution < 1.29 is 14.3 Å². The number of rotatable bonds is 6. The Kier molecular flexibility index (Phi) is 8.67. The first-order valence-electron chi connectivity index (χ1n) is 9.82. The predicted molar refractivity (Wildman–Crippen MR) is 156 cm³/mol. The molecule has 1 heterocycles. The minimum Gasteiger partial charge on any atom is -0.493 e. The molecule has 1 amide bonds. The van der Waals surface area contributed by atoms with Crippen molar-refractivity contribution in [1.82, 2.24) is 5.32 Å². The summed E-state index contributed by atoms with van der Waals surface area (Å²) in [5.41, 5.74) is 2.36. The van der Waals surface area contributed by atoms with Gasteiger partial charge in [-0.1, -0.05) is 41.4 Å². The van der Waals surface area contributed by atoms with Gasteiger partial charge in [0.25, 0.3) is 5.91 Å². The predicted octanol–water partition coefficient (Wildman–Crippen LogP) is 7.68. The standard InChI is InChI=1S/C24H16Cl2I2N2O3S/c1-32-19-10-14(9-17(28)22(19)33-12-13-5-7-15(27)8-6-13)11-20-23(31)30-24(34-20)29-18-4-2-3-16(25)21(18)26/h2-11H,12H2,1H3,(H,29,30,31)/b20-11+. The third kappa shape index (κ3) is 6.20. The van der Waals surface area contributed by atoms with E-state index in [0.29, 0.717) is 43.9 Å². The number of benzene rings is 3. The first kappa shape index (κ1) is 25.6. The maximum Gasteiger partial charge on any atom is 0.264 e. The van der Waals surface area contributed by atoms with E-state index in [1.54, 1.807) is 31.4 Å². The molecule has 10 heteroatoms. The van der Waals surface area contributed by atoms with Crippen molar-refractivity contribution in [2.24, 2.45) is 4.99 Å². The molecule has 0 bridgehead atoms. The van der Waals surface area contributed by atoms with Crippen LogP contribution in [0.25, 0.3) is 6.08 Å². The molecule has 1 fully saturated rings. The number of nitrogens with one attached hydrogen (secondary N) is 1. The number of halogens is 4. The van der Waals surface area contributed by atoms with Crippen LogP contribution >= 0.6 is 80.1 Å². The molecule has 174 valence electrons. The third-order valence-electron chi connectivity index (χ3n) is 4.65. The van der Waals surface area contributed by atoms with E-state index in [1.165, 1.54) is 15.3 Å². The molecule has 0 radical (unpaired) electrons. The molecule has 0 atom stereocenters. The Morgan fingerprint density at radius 3 is 2.62 bits per heavy atom. The van der Waals surface area contributed by atoms with E-state index in [9.17, 15) is 4.79 Å². The molecule has 3 aromatic carbocycles. The molecule has 1 aliphatic rings. The highest BCUT2D eigenvalue weighted by Crippen LogP contribution is 2.37. The second-order valence-corrected chi connectivity index (χ2v) is 11.2. The largest absolute Gasteiger partial charge is 0.493 e. The lowest BCUT2D eigenvalue weighted by Crippen LogP contribution is -2.19. The SMILES string of the molecule is COc1cc(/C=C2/SC(=Nc3cccc(Cl)c3Cl)NC2=O)cc(I)c1OCc1ccc(I)cc1. The molecule has 3 aromatic rings. The van der Waals surface area contributed by atoms with Gasteiger partial charge in [-0.15, -0.1) is 0 Å². The second-order valence-electron chi connectivity index (χ2n) is 7.00. The maximum absolute atomic E-state index is 12.5. The number of carbonyl (C=O) groups excluding carboxylic acids is 1. The van der Waals surface area contributed by atoms with E-state index < -0.39 is 0 Å². The van der Waals surface area contributed by atoms with Gasteiger partial charge in [0.05, 0.1) is 31.3 Å². The summed E-state index contributed by atoms with van der Waals surface area (Å²) < 4.78 is 13.7. The Balaban J connectivity index is 1.54. The number of thioether (sulfide) groups is 1. The summed E-state index contributed by atoms with van der Waals surface area (Å²) in [5, 5.41) is 3.93. The lowest BCUT2D eigenvalue weighted by Gasteiger charge is -2.14. The number of methoxy groups -OCH3 is 1. The molecular formula is C24H16Cl2I2N2O3S. The number of carbonyl (C=O) groups is 1. The van der Waals surface area contributed by atoms with Crippen LogP contribution in [0.2, 0.25) is 10.0 Å². The number of ether oxygens (including phenoxy) is 2. The van der Waals surface area contributed by atoms with Crippen molar-refractivity contribution in [1.29, 1.82) is 0 Å². The zero-order valence-corrected chi connectivity index (χ0v) is 24.2. The molecule has 0 unspecified atom stereocenters. The first-order chi connectivity index (χ1) is 16.3. The molecule has 5 nitrogen and oxygen atoms in total. The lowest BCUT2D eigenvalue weighted by atomic mass is 10.2. The van der Waals surface area contributed by atoms with Gasteiger partial charge in [-0.3, -0.25) is 4.79 Å². The fourth-order valence-corrected chi connectivity index (χ4v) is 5.33. The van der Waals surface area contributed by atoms with Crippen LogP contribution in [0.4, 0.5) is 5.69 Å². The topological polar surface area (TPSA) is 59.9 Å². The molecule has 1 aliphatic heterocycles. The number of hydrogen-bond acceptors (Lipinski definition) is 5. The number of hydrogen-bond donors (Lipinski definition) is 1. The normalized spacial score (nSPS) is 15.6. The van der Waals surface area contributed by atoms with Crippen LogP contribution in [0.3, 0.4) is 0 Å². The van der Waals surface area contributed by atoms with Gasteiger partial charge >= 0.3 is 0 Å². The van der Waals surface area contributed by atoms with Gasteiger partial charge in [0.1, 0.15) is 6.61 Å². The van der Waals surface area contributed by atoms with E-state index >= 15 is 0 Å². The van der Waals surface area contributed by atoms with Crippen molar-refractivity contribution >= 4 is 103 Å². The highest BCUT2D eigenvalue weighted by Gasteiger charge is 2.24. The maximum atomic E-state index is 12.5. The zero-order valence-electron chi connectivity index (χ0n) is 17.6. The quantitative estimate of drug-likeness (QED) is 0.209. The summed E-state index contributed by atoms with van der Waals surface area (Å²) in [6.07, 6.45) is 1.79. The van der Waals surface area contributed by atoms with Gasteiger partial charge in [0, 0.05) is 3.57 Å². The zero-order chi connectivity index (χ0) is 24.2. The highest BCUT2D eigenvalue weighted by atomic mass is 127. The smallest absolute Gasteiger partial charge is 0.264 e. The van der Waals surface area contributed by atoms with Crippen LogP contribution in [-0.4, -0.2) is 18.2 Å². The number of nitrogens with zero attached hydrogens (tertiary/aromatic N) is 1. The molecule has 0 saturated carbocycles. The average Bonchev–Trinajstić information content (AvgIpc) is 3.15. The van der Waals surface area contributed by atoms with Crippen LogP contribution in [0.15, 0.2) is 64.5 Å². The number of aliphatic imine (C=N–C) groups is 1. The van der Waals surface area contributed by atoms with Crippen molar-refractivity contribution in [3.63, 3.8) is 0 Å². The molecule has 1 N–H and O–H groups in total. The molecule has 0 spiro atoms. The van der Waals surface area contributed by atoms with E-state index in [2.05, 4.69) is 55.5 Å². The summed E-state index contributed by atoms with van der Waals surface area (Å²) in [6.45, 7) is 0.424. The number of amidine groups is 1. The summed E-state index contributed by atoms with van der Waals surface area (Å²) in [6, 6.07) is 17.1. The molecule has 0 aromatic heterocycles. The average molecular weight is 737 g/mol. The van der Waals surface area contributed by atoms with Crippen molar-refractivity contribution in [3.05, 3.63) is 87.8 Å². The number of amides is 1. The molecule has 4 rings (SSSR count). The fourth-order valence-electron chi connectivity index (χ4n) is 3.02. The van der Waals surface area contributed by atoms with Crippen molar-refractivity contribution in [2.45, 2.75) is 6.61 Å². The molecular weight excluding hydrogens is 721 g/mol. The van der Waals surface area contributed by atoms with Gasteiger partial charge < -0.3 is 14.8 Å². The first-order valence-corrected chi connectivity index (χ1v) is 13.6. The van der Waals surface area contributed by atoms with Gasteiger partial charge in [0.2, 0.25) is 0 Å². The van der Waals surface area contributed by atoms with Crippen LogP contribution in [0.5, 0.6) is 11.5 Å². The monoisotopic (exact) mass is 736 g/mol. The van der Waals surface area contributed by atoms with Crippen molar-refractivity contribution in [3.8, 4) is 11.5 Å². The summed E-state index contributed by atoms with van der Waals surface area (Å²) >= 11 is 18.0. The van der Waals surface area contributed by atoms with E-state index in [-0.39, 0.29) is 5.91 Å². The Hall–Kier alpha value is -1.47. The van der Waals surface area contributed by atoms with Crippen LogP contribution in [0, 0.1) is 7.14 Å². The van der Waals surface area contributed by atoms with Crippen LogP contribution < -0.4 is 14.8 Å². The van der Waals surface area contributed by atoms with Crippen LogP contribution in [0.1, 0.15) is 11.1 Å². The minimum atomic E-state index is -0.241. The molecule has 0 aliphatic carbocycles. The Morgan fingerprint density at radius 2 is 1.88 bits per heavy atom.